The summed E-state index contributed by atoms with van der Waals surface area (Å²) < 4.78 is 37.3. The van der Waals surface area contributed by atoms with Crippen molar-refractivity contribution in [2.45, 2.75) is 180 Å². The van der Waals surface area contributed by atoms with Gasteiger partial charge in [-0.2, -0.15) is 11.8 Å². The first-order chi connectivity index (χ1) is 23.1. The van der Waals surface area contributed by atoms with Crippen molar-refractivity contribution in [3.63, 3.8) is 0 Å². The van der Waals surface area contributed by atoms with Crippen molar-refractivity contribution >= 4 is 19.6 Å². The van der Waals surface area contributed by atoms with Gasteiger partial charge in [0.1, 0.15) is 18.4 Å². The molecule has 2 rings (SSSR count). The fourth-order valence-electron chi connectivity index (χ4n) is 5.69. The van der Waals surface area contributed by atoms with E-state index in [1.807, 2.05) is 25.6 Å². The van der Waals surface area contributed by atoms with Crippen LogP contribution in [0.3, 0.4) is 0 Å². The number of aliphatic hydroxyl groups is 1. The molecule has 1 aromatic heterocycles. The second-order valence-electron chi connectivity index (χ2n) is 13.2. The van der Waals surface area contributed by atoms with E-state index in [9.17, 15) is 19.3 Å². The number of rotatable bonds is 29. The Morgan fingerprint density at radius 2 is 1.54 bits per heavy atom. The summed E-state index contributed by atoms with van der Waals surface area (Å²) in [5, 5.41) is 10.8. The summed E-state index contributed by atoms with van der Waals surface area (Å²) >= 11 is 1.90. The molecule has 1 saturated heterocycles. The maximum atomic E-state index is 13.6. The van der Waals surface area contributed by atoms with E-state index in [1.54, 1.807) is 6.92 Å². The van der Waals surface area contributed by atoms with Crippen molar-refractivity contribution in [3.05, 3.63) is 32.6 Å². The molecule has 0 spiro atoms. The van der Waals surface area contributed by atoms with Gasteiger partial charge in [0.2, 0.25) is 0 Å². The number of ether oxygens (including phenoxy) is 1. The summed E-state index contributed by atoms with van der Waals surface area (Å²) in [6.07, 6.45) is 18.9. The Hall–Kier alpha value is -0.980. The van der Waals surface area contributed by atoms with Gasteiger partial charge in [0.05, 0.1) is 19.3 Å². The van der Waals surface area contributed by atoms with Gasteiger partial charge < -0.3 is 9.84 Å². The number of nitrogens with zero attached hydrogens (tertiary/aromatic N) is 1. The molecule has 1 aliphatic rings. The van der Waals surface area contributed by atoms with Crippen molar-refractivity contribution in [2.75, 3.05) is 19.0 Å². The number of aromatic nitrogens is 2. The van der Waals surface area contributed by atoms with Gasteiger partial charge in [-0.25, -0.2) is 14.2 Å². The predicted octanol–water partition coefficient (Wildman–Crippen LogP) is 8.76. The van der Waals surface area contributed by atoms with Crippen LogP contribution >= 0.6 is 19.6 Å². The summed E-state index contributed by atoms with van der Waals surface area (Å²) in [4.78, 5) is 32.1. The largest absolute Gasteiger partial charge is 0.502 e. The second kappa shape index (κ2) is 25.1. The fourth-order valence-corrected chi connectivity index (χ4v) is 8.15. The molecule has 1 aromatic rings. The van der Waals surface area contributed by atoms with Crippen LogP contribution in [-0.2, 0) is 27.9 Å². The number of hydrogen-bond donors (Lipinski definition) is 2. The van der Waals surface area contributed by atoms with Gasteiger partial charge in [0, 0.05) is 23.4 Å². The first kappa shape index (κ1) is 43.2. The second-order valence-corrected chi connectivity index (χ2v) is 16.1. The molecule has 0 amide bonds. The number of thioether (sulfide) groups is 1. The lowest BCUT2D eigenvalue weighted by atomic mass is 10.1. The molecule has 0 aliphatic carbocycles. The topological polar surface area (TPSA) is 138 Å². The van der Waals surface area contributed by atoms with Crippen LogP contribution in [0.5, 0.6) is 0 Å². The highest BCUT2D eigenvalue weighted by Crippen LogP contribution is 2.51. The number of phosphoric ester groups is 1. The third kappa shape index (κ3) is 16.8. The fraction of sp³-hybridized carbons (Fsp3) is 0.886. The van der Waals surface area contributed by atoms with Crippen molar-refractivity contribution in [1.82, 2.24) is 9.55 Å². The Bertz CT molecular complexity index is 1150. The minimum Gasteiger partial charge on any atom is -0.390 e. The van der Waals surface area contributed by atoms with E-state index in [0.29, 0.717) is 12.0 Å². The van der Waals surface area contributed by atoms with E-state index in [0.717, 1.165) is 25.0 Å². The van der Waals surface area contributed by atoms with Crippen molar-refractivity contribution < 1.29 is 33.0 Å². The molecule has 2 N–H and O–H groups in total. The molecule has 6 atom stereocenters. The first-order valence-corrected chi connectivity index (χ1v) is 21.2. The lowest BCUT2D eigenvalue weighted by Crippen LogP contribution is -2.33. The number of aromatic amines is 1. The smallest absolute Gasteiger partial charge is 0.390 e. The van der Waals surface area contributed by atoms with Crippen LogP contribution in [0, 0.1) is 6.92 Å². The van der Waals surface area contributed by atoms with Gasteiger partial charge in [-0.3, -0.25) is 23.4 Å². The highest BCUT2D eigenvalue weighted by molar-refractivity contribution is 7.99. The maximum absolute atomic E-state index is 13.6. The molecule has 0 saturated carbocycles. The lowest BCUT2D eigenvalue weighted by Gasteiger charge is -2.25. The Labute approximate surface area is 293 Å². The van der Waals surface area contributed by atoms with Gasteiger partial charge in [-0.15, -0.1) is 4.67 Å². The van der Waals surface area contributed by atoms with Gasteiger partial charge in [-0.05, 0) is 38.9 Å². The van der Waals surface area contributed by atoms with E-state index in [2.05, 4.69) is 18.8 Å². The Kier molecular flexibility index (Phi) is 22.5. The quantitative estimate of drug-likeness (QED) is 0.0357. The number of unbranched alkanes of at least 4 members (excludes halogenated alkanes) is 13. The van der Waals surface area contributed by atoms with E-state index < -0.39 is 37.5 Å². The summed E-state index contributed by atoms with van der Waals surface area (Å²) in [5.74, 6) is 1.04. The molecule has 1 aliphatic heterocycles. The standard InChI is InChI=1S/C35H65N2O9PS/c1-6-9-11-13-14-15-16-17-19-21-24-48-32(22-20-18-12-10-7-2)29(5)45-46-47(41,42-23-8-3)43-27-31-30(38)25-33(44-31)37-26-28(4)34(39)36-35(37)40/h26,29-33,38H,6-25,27H2,1-5H3,(H,36,39,40)/t29?,30-,31+,32?,33+,47?/m0/s1. The monoisotopic (exact) mass is 720 g/mol. The number of aliphatic hydroxyl groups excluding tert-OH is 1. The number of hydrogen-bond acceptors (Lipinski definition) is 10. The van der Waals surface area contributed by atoms with Crippen LogP contribution in [0.4, 0.5) is 0 Å². The molecule has 2 heterocycles. The lowest BCUT2D eigenvalue weighted by molar-refractivity contribution is -0.258. The average Bonchev–Trinajstić information content (AvgIpc) is 3.44. The minimum atomic E-state index is -4.16. The molecule has 0 radical (unpaired) electrons. The van der Waals surface area contributed by atoms with Crippen LogP contribution in [-0.4, -0.2) is 57.2 Å². The zero-order chi connectivity index (χ0) is 35.2. The number of nitrogens with one attached hydrogen (secondary N) is 1. The van der Waals surface area contributed by atoms with Crippen molar-refractivity contribution in [2.24, 2.45) is 0 Å². The Morgan fingerprint density at radius 1 is 0.938 bits per heavy atom. The third-order valence-corrected chi connectivity index (χ3v) is 11.5. The molecule has 280 valence electrons. The molecular weight excluding hydrogens is 655 g/mol. The maximum Gasteiger partial charge on any atom is 0.502 e. The molecule has 0 bridgehead atoms. The third-order valence-electron chi connectivity index (χ3n) is 8.74. The van der Waals surface area contributed by atoms with Gasteiger partial charge in [-0.1, -0.05) is 111 Å². The van der Waals surface area contributed by atoms with E-state index in [4.69, 9.17) is 23.3 Å². The Balaban J connectivity index is 1.89. The average molecular weight is 721 g/mol. The molecule has 1 fully saturated rings. The van der Waals surface area contributed by atoms with Gasteiger partial charge in [0.25, 0.3) is 5.56 Å². The SMILES string of the molecule is CCCCCCCCCCCCSC(CCCCCCC)C(C)OOP(=O)(OCCC)OC[C@H]1O[C@@H](n2cc(C)c(=O)[nH]c2=O)C[C@@H]1O. The molecule has 0 aromatic carbocycles. The number of phosphoric acid groups is 1. The van der Waals surface area contributed by atoms with Gasteiger partial charge >= 0.3 is 13.5 Å². The number of aryl methyl sites for hydroxylation is 1. The first-order valence-electron chi connectivity index (χ1n) is 18.6. The molecule has 48 heavy (non-hydrogen) atoms. The zero-order valence-electron chi connectivity index (χ0n) is 30.3. The summed E-state index contributed by atoms with van der Waals surface area (Å²) in [6, 6.07) is 0. The highest BCUT2D eigenvalue weighted by atomic mass is 32.2. The molecule has 3 unspecified atom stereocenters. The van der Waals surface area contributed by atoms with Crippen molar-refractivity contribution in [1.29, 1.82) is 0 Å². The molecule has 11 nitrogen and oxygen atoms in total. The molecule has 13 heteroatoms. The van der Waals surface area contributed by atoms with Crippen molar-refractivity contribution in [3.8, 4) is 0 Å². The normalized spacial score (nSPS) is 20.6. The van der Waals surface area contributed by atoms with Crippen LogP contribution < -0.4 is 11.2 Å². The van der Waals surface area contributed by atoms with Crippen LogP contribution in [0.1, 0.15) is 155 Å². The Morgan fingerprint density at radius 3 is 2.17 bits per heavy atom. The van der Waals surface area contributed by atoms with Crippen LogP contribution in [0.15, 0.2) is 15.8 Å². The summed E-state index contributed by atoms with van der Waals surface area (Å²) in [6.45, 7) is 9.69. The van der Waals surface area contributed by atoms with Gasteiger partial charge in [0.15, 0.2) is 0 Å². The van der Waals surface area contributed by atoms with E-state index in [1.165, 1.54) is 94.2 Å². The summed E-state index contributed by atoms with van der Waals surface area (Å²) in [7, 11) is -4.16. The van der Waals surface area contributed by atoms with E-state index in [-0.39, 0.29) is 31.0 Å². The predicted molar refractivity (Wildman–Crippen MR) is 193 cm³/mol. The number of H-pyrrole nitrogens is 1. The van der Waals surface area contributed by atoms with Crippen LogP contribution in [0.2, 0.25) is 0 Å². The summed E-state index contributed by atoms with van der Waals surface area (Å²) in [5.41, 5.74) is -0.783. The highest BCUT2D eigenvalue weighted by Gasteiger charge is 2.39. The van der Waals surface area contributed by atoms with Crippen LogP contribution in [0.25, 0.3) is 0 Å². The minimum absolute atomic E-state index is 0.0874. The zero-order valence-corrected chi connectivity index (χ0v) is 32.0. The van der Waals surface area contributed by atoms with E-state index >= 15 is 0 Å². The molecular formula is C35H65N2O9PS.